The lowest BCUT2D eigenvalue weighted by molar-refractivity contribution is 0.0938. The fourth-order valence-corrected chi connectivity index (χ4v) is 3.36. The highest BCUT2D eigenvalue weighted by atomic mass is 16.3. The lowest BCUT2D eigenvalue weighted by atomic mass is 9.97. The van der Waals surface area contributed by atoms with Crippen LogP contribution in [0, 0.1) is 13.8 Å². The number of nitrogens with one attached hydrogen (secondary N) is 1. The third kappa shape index (κ3) is 2.01. The molecule has 1 unspecified atom stereocenters. The van der Waals surface area contributed by atoms with E-state index in [1.807, 2.05) is 19.9 Å². The van der Waals surface area contributed by atoms with E-state index in [1.54, 1.807) is 18.2 Å². The summed E-state index contributed by atoms with van der Waals surface area (Å²) in [6.07, 6.45) is 0. The number of carbonyl (C=O) groups is 1. The molecule has 1 amide bonds. The fraction of sp³-hybridized carbons (Fsp3) is 0.158. The summed E-state index contributed by atoms with van der Waals surface area (Å²) in [4.78, 5) is 25.3. The number of carbonyl (C=O) groups excluding carboxylic acids is 1. The minimum atomic E-state index is -0.624. The largest absolute Gasteiger partial charge is 0.508 e. The van der Waals surface area contributed by atoms with Crippen LogP contribution in [0.1, 0.15) is 38.9 Å². The molecule has 0 saturated heterocycles. The van der Waals surface area contributed by atoms with Crippen molar-refractivity contribution in [2.75, 3.05) is 0 Å². The van der Waals surface area contributed by atoms with Crippen molar-refractivity contribution in [3.05, 3.63) is 74.6 Å². The minimum Gasteiger partial charge on any atom is -0.508 e. The molecule has 3 aromatic rings. The van der Waals surface area contributed by atoms with Crippen LogP contribution in [-0.4, -0.2) is 11.0 Å². The van der Waals surface area contributed by atoms with Gasteiger partial charge in [-0.3, -0.25) is 9.59 Å². The van der Waals surface area contributed by atoms with Gasteiger partial charge in [0.15, 0.2) is 5.43 Å². The van der Waals surface area contributed by atoms with E-state index in [9.17, 15) is 14.7 Å². The van der Waals surface area contributed by atoms with Crippen LogP contribution >= 0.6 is 0 Å². The topological polar surface area (TPSA) is 79.5 Å². The van der Waals surface area contributed by atoms with E-state index < -0.39 is 11.9 Å². The first-order valence-electron chi connectivity index (χ1n) is 7.63. The second-order valence-corrected chi connectivity index (χ2v) is 6.13. The lowest BCUT2D eigenvalue weighted by Gasteiger charge is -2.12. The van der Waals surface area contributed by atoms with E-state index in [-0.39, 0.29) is 16.9 Å². The Labute approximate surface area is 137 Å². The summed E-state index contributed by atoms with van der Waals surface area (Å²) in [5.74, 6) is -0.297. The number of phenolic OH excluding ortho intramolecular Hbond substituents is 1. The summed E-state index contributed by atoms with van der Waals surface area (Å²) in [5.41, 5.74) is 2.92. The maximum Gasteiger partial charge on any atom is 0.288 e. The quantitative estimate of drug-likeness (QED) is 0.722. The molecule has 2 heterocycles. The standard InChI is InChI=1S/C19H15NO4/c1-9-6-10(2)14-13(7-9)24-18-15(17(14)22)16(20-19(18)23)11-4-3-5-12(21)8-11/h3-8,16,21H,1-2H3,(H,20,23). The second-order valence-electron chi connectivity index (χ2n) is 6.13. The number of amides is 1. The summed E-state index contributed by atoms with van der Waals surface area (Å²) < 4.78 is 5.77. The first-order valence-corrected chi connectivity index (χ1v) is 7.63. The zero-order valence-electron chi connectivity index (χ0n) is 13.2. The fourth-order valence-electron chi connectivity index (χ4n) is 3.36. The maximum absolute atomic E-state index is 13.1. The molecule has 0 bridgehead atoms. The predicted molar refractivity (Wildman–Crippen MR) is 89.4 cm³/mol. The number of phenols is 1. The highest BCUT2D eigenvalue weighted by Gasteiger charge is 2.36. The molecular weight excluding hydrogens is 306 g/mol. The number of rotatable bonds is 1. The first kappa shape index (κ1) is 14.5. The molecule has 1 aliphatic rings. The van der Waals surface area contributed by atoms with E-state index in [0.29, 0.717) is 22.1 Å². The Morgan fingerprint density at radius 1 is 1.12 bits per heavy atom. The Hall–Kier alpha value is -3.08. The number of aryl methyl sites for hydroxylation is 2. The summed E-state index contributed by atoms with van der Waals surface area (Å²) >= 11 is 0. The van der Waals surface area contributed by atoms with E-state index in [4.69, 9.17) is 4.42 Å². The molecular formula is C19H15NO4. The molecule has 0 saturated carbocycles. The molecule has 0 spiro atoms. The molecule has 1 aliphatic heterocycles. The van der Waals surface area contributed by atoms with Gasteiger partial charge < -0.3 is 14.8 Å². The third-order valence-electron chi connectivity index (χ3n) is 4.35. The number of benzene rings is 2. The molecule has 1 atom stereocenters. The molecule has 2 aromatic carbocycles. The molecule has 0 aliphatic carbocycles. The van der Waals surface area contributed by atoms with Gasteiger partial charge >= 0.3 is 0 Å². The Morgan fingerprint density at radius 3 is 2.67 bits per heavy atom. The molecule has 5 nitrogen and oxygen atoms in total. The van der Waals surface area contributed by atoms with Gasteiger partial charge in [-0.25, -0.2) is 0 Å². The summed E-state index contributed by atoms with van der Waals surface area (Å²) in [6.45, 7) is 3.77. The summed E-state index contributed by atoms with van der Waals surface area (Å²) in [5, 5.41) is 12.9. The van der Waals surface area contributed by atoms with Crippen molar-refractivity contribution in [1.82, 2.24) is 5.32 Å². The van der Waals surface area contributed by atoms with Gasteiger partial charge in [-0.1, -0.05) is 18.2 Å². The zero-order valence-corrected chi connectivity index (χ0v) is 13.2. The molecule has 0 fully saturated rings. The van der Waals surface area contributed by atoms with Crippen molar-refractivity contribution in [2.45, 2.75) is 19.9 Å². The Morgan fingerprint density at radius 2 is 1.92 bits per heavy atom. The smallest absolute Gasteiger partial charge is 0.288 e. The van der Waals surface area contributed by atoms with Gasteiger partial charge in [-0.2, -0.15) is 0 Å². The molecule has 120 valence electrons. The number of hydrogen-bond donors (Lipinski definition) is 2. The molecule has 5 heteroatoms. The van der Waals surface area contributed by atoms with Gasteiger partial charge in [0.2, 0.25) is 5.76 Å². The first-order chi connectivity index (χ1) is 11.5. The van der Waals surface area contributed by atoms with Gasteiger partial charge in [0, 0.05) is 0 Å². The highest BCUT2D eigenvalue weighted by Crippen LogP contribution is 2.32. The van der Waals surface area contributed by atoms with E-state index in [1.165, 1.54) is 12.1 Å². The normalized spacial score (nSPS) is 16.2. The average molecular weight is 321 g/mol. The molecule has 1 aromatic heterocycles. The highest BCUT2D eigenvalue weighted by molar-refractivity contribution is 5.99. The van der Waals surface area contributed by atoms with Crippen molar-refractivity contribution < 1.29 is 14.3 Å². The summed E-state index contributed by atoms with van der Waals surface area (Å²) in [7, 11) is 0. The molecule has 0 radical (unpaired) electrons. The average Bonchev–Trinajstić information content (AvgIpc) is 2.84. The van der Waals surface area contributed by atoms with Crippen molar-refractivity contribution in [3.63, 3.8) is 0 Å². The molecule has 4 rings (SSSR count). The number of aromatic hydroxyl groups is 1. The Balaban J connectivity index is 2.04. The maximum atomic E-state index is 13.1. The number of fused-ring (bicyclic) bond motifs is 2. The summed E-state index contributed by atoms with van der Waals surface area (Å²) in [6, 6.07) is 9.55. The van der Waals surface area contributed by atoms with E-state index >= 15 is 0 Å². The minimum absolute atomic E-state index is 0.0471. The van der Waals surface area contributed by atoms with Crippen LogP contribution in [0.15, 0.2) is 45.6 Å². The van der Waals surface area contributed by atoms with Gasteiger partial charge in [0.05, 0.1) is 17.0 Å². The van der Waals surface area contributed by atoms with Crippen molar-refractivity contribution >= 4 is 16.9 Å². The van der Waals surface area contributed by atoms with Crippen molar-refractivity contribution in [2.24, 2.45) is 0 Å². The van der Waals surface area contributed by atoms with Crippen LogP contribution in [-0.2, 0) is 0 Å². The van der Waals surface area contributed by atoms with Crippen LogP contribution in [0.2, 0.25) is 0 Å². The van der Waals surface area contributed by atoms with Crippen LogP contribution in [0.3, 0.4) is 0 Å². The van der Waals surface area contributed by atoms with Gasteiger partial charge in [0.1, 0.15) is 11.3 Å². The van der Waals surface area contributed by atoms with Crippen LogP contribution in [0.4, 0.5) is 0 Å². The Kier molecular flexibility index (Phi) is 3.00. The van der Waals surface area contributed by atoms with E-state index in [0.717, 1.165) is 11.1 Å². The monoisotopic (exact) mass is 321 g/mol. The lowest BCUT2D eigenvalue weighted by Crippen LogP contribution is -2.22. The van der Waals surface area contributed by atoms with Crippen LogP contribution in [0.5, 0.6) is 5.75 Å². The zero-order chi connectivity index (χ0) is 17.0. The van der Waals surface area contributed by atoms with Gasteiger partial charge in [-0.05, 0) is 48.7 Å². The number of hydrogen-bond acceptors (Lipinski definition) is 4. The SMILES string of the molecule is Cc1cc(C)c2c(=O)c3c(oc2c1)C(=O)NC3c1cccc(O)c1. The Bertz CT molecular complexity index is 1060. The molecule has 24 heavy (non-hydrogen) atoms. The van der Waals surface area contributed by atoms with Crippen LogP contribution in [0.25, 0.3) is 11.0 Å². The third-order valence-corrected chi connectivity index (χ3v) is 4.35. The van der Waals surface area contributed by atoms with Crippen LogP contribution < -0.4 is 10.7 Å². The van der Waals surface area contributed by atoms with Gasteiger partial charge in [-0.15, -0.1) is 0 Å². The van der Waals surface area contributed by atoms with Crippen molar-refractivity contribution in [1.29, 1.82) is 0 Å². The molecule has 2 N–H and O–H groups in total. The van der Waals surface area contributed by atoms with Crippen molar-refractivity contribution in [3.8, 4) is 5.75 Å². The van der Waals surface area contributed by atoms with E-state index in [2.05, 4.69) is 5.32 Å². The van der Waals surface area contributed by atoms with Gasteiger partial charge in [0.25, 0.3) is 5.91 Å². The predicted octanol–water partition coefficient (Wildman–Crippen LogP) is 2.95. The second kappa shape index (κ2) is 4.96.